The summed E-state index contributed by atoms with van der Waals surface area (Å²) >= 11 is 0. The molecule has 31 heavy (non-hydrogen) atoms. The van der Waals surface area contributed by atoms with E-state index in [1.807, 2.05) is 0 Å². The van der Waals surface area contributed by atoms with E-state index in [4.69, 9.17) is 0 Å². The molecule has 1 heteroatoms. The molecule has 0 amide bonds. The van der Waals surface area contributed by atoms with E-state index in [1.165, 1.54) is 73.7 Å². The van der Waals surface area contributed by atoms with Crippen LogP contribution >= 0.6 is 6.89 Å². The molecule has 0 nitrogen and oxygen atoms in total. The SMILES string of the molecule is CC1(C=P(c2ccccc2)(c2ccccc2)c2ccccc2)CCCCCCCCC1. The Morgan fingerprint density at radius 1 is 0.516 bits per heavy atom. The molecule has 1 aliphatic carbocycles. The predicted octanol–water partition coefficient (Wildman–Crippen LogP) is 7.31. The Hall–Kier alpha value is -2.04. The molecule has 0 atom stereocenters. The van der Waals surface area contributed by atoms with Crippen LogP contribution in [0.25, 0.3) is 0 Å². The van der Waals surface area contributed by atoms with Crippen molar-refractivity contribution in [2.24, 2.45) is 5.41 Å². The van der Waals surface area contributed by atoms with Gasteiger partial charge in [0.05, 0.1) is 0 Å². The highest BCUT2D eigenvalue weighted by Crippen LogP contribution is 2.48. The van der Waals surface area contributed by atoms with Crippen LogP contribution in [0.1, 0.15) is 64.7 Å². The predicted molar refractivity (Wildman–Crippen MR) is 141 cm³/mol. The summed E-state index contributed by atoms with van der Waals surface area (Å²) < 4.78 is 0. The zero-order valence-corrected chi connectivity index (χ0v) is 19.9. The Balaban J connectivity index is 1.96. The zero-order valence-electron chi connectivity index (χ0n) is 19.0. The monoisotopic (exact) mass is 428 g/mol. The van der Waals surface area contributed by atoms with Crippen LogP contribution in [0, 0.1) is 5.41 Å². The Morgan fingerprint density at radius 2 is 0.839 bits per heavy atom. The summed E-state index contributed by atoms with van der Waals surface area (Å²) in [7, 11) is 0. The topological polar surface area (TPSA) is 0 Å². The quantitative estimate of drug-likeness (QED) is 0.382. The van der Waals surface area contributed by atoms with Crippen molar-refractivity contribution < 1.29 is 0 Å². The average molecular weight is 429 g/mol. The lowest BCUT2D eigenvalue weighted by atomic mass is 9.81. The number of rotatable bonds is 4. The van der Waals surface area contributed by atoms with E-state index >= 15 is 0 Å². The molecule has 1 fully saturated rings. The molecule has 0 spiro atoms. The Labute approximate surface area is 189 Å². The summed E-state index contributed by atoms with van der Waals surface area (Å²) in [4.78, 5) is 0. The minimum Gasteiger partial charge on any atom is -0.0683 e. The van der Waals surface area contributed by atoms with Crippen LogP contribution < -0.4 is 15.9 Å². The molecule has 0 aromatic heterocycles. The van der Waals surface area contributed by atoms with Crippen molar-refractivity contribution in [2.75, 3.05) is 0 Å². The van der Waals surface area contributed by atoms with Crippen LogP contribution in [0.4, 0.5) is 0 Å². The standard InChI is InChI=1S/C30H37P/c1-30(24-16-5-3-2-4-6-17-25-30)26-31(27-18-10-7-11-19-27,28-20-12-8-13-21-28)29-22-14-9-15-23-29/h7-15,18-23,26H,2-6,16-17,24-25H2,1H3. The Morgan fingerprint density at radius 3 is 1.19 bits per heavy atom. The first kappa shape index (κ1) is 22.2. The lowest BCUT2D eigenvalue weighted by molar-refractivity contribution is 0.355. The van der Waals surface area contributed by atoms with Crippen molar-refractivity contribution in [2.45, 2.75) is 64.7 Å². The van der Waals surface area contributed by atoms with Gasteiger partial charge in [-0.2, -0.15) is 0 Å². The first-order valence-corrected chi connectivity index (χ1v) is 14.0. The van der Waals surface area contributed by atoms with Crippen LogP contribution in [-0.2, 0) is 0 Å². The van der Waals surface area contributed by atoms with Gasteiger partial charge in [-0.25, -0.2) is 0 Å². The summed E-state index contributed by atoms with van der Waals surface area (Å²) in [5.74, 6) is 2.85. The van der Waals surface area contributed by atoms with Crippen molar-refractivity contribution in [3.8, 4) is 0 Å². The van der Waals surface area contributed by atoms with Gasteiger partial charge in [-0.05, 0) is 41.1 Å². The molecule has 162 valence electrons. The zero-order chi connectivity index (χ0) is 21.4. The summed E-state index contributed by atoms with van der Waals surface area (Å²) in [6.45, 7) is 0.683. The van der Waals surface area contributed by atoms with Crippen LogP contribution in [-0.4, -0.2) is 5.80 Å². The third-order valence-electron chi connectivity index (χ3n) is 6.99. The maximum atomic E-state index is 2.85. The first-order valence-electron chi connectivity index (χ1n) is 12.2. The second-order valence-electron chi connectivity index (χ2n) is 9.49. The van der Waals surface area contributed by atoms with Crippen molar-refractivity contribution in [1.29, 1.82) is 0 Å². The average Bonchev–Trinajstić information content (AvgIpc) is 2.83. The molecular weight excluding hydrogens is 391 g/mol. The summed E-state index contributed by atoms with van der Waals surface area (Å²) in [6.07, 6.45) is 12.3. The van der Waals surface area contributed by atoms with Gasteiger partial charge in [0, 0.05) is 0 Å². The van der Waals surface area contributed by atoms with E-state index in [2.05, 4.69) is 104 Å². The van der Waals surface area contributed by atoms with Crippen LogP contribution in [0.5, 0.6) is 0 Å². The first-order chi connectivity index (χ1) is 15.2. The van der Waals surface area contributed by atoms with E-state index in [0.29, 0.717) is 0 Å². The molecule has 0 N–H and O–H groups in total. The Bertz CT molecular complexity index is 859. The summed E-state index contributed by atoms with van der Waals surface area (Å²) in [6, 6.07) is 34.0. The number of hydrogen-bond acceptors (Lipinski definition) is 0. The highest BCUT2D eigenvalue weighted by atomic mass is 31.2. The van der Waals surface area contributed by atoms with Crippen molar-refractivity contribution >= 4 is 28.6 Å². The minimum atomic E-state index is -1.87. The second kappa shape index (κ2) is 10.5. The molecule has 0 radical (unpaired) electrons. The fraction of sp³-hybridized carbons (Fsp3) is 0.367. The largest absolute Gasteiger partial charge is 0.0683 e. The van der Waals surface area contributed by atoms with Gasteiger partial charge in [0.2, 0.25) is 0 Å². The lowest BCUT2D eigenvalue weighted by Gasteiger charge is -2.36. The van der Waals surface area contributed by atoms with Crippen LogP contribution in [0.2, 0.25) is 0 Å². The molecule has 3 aromatic carbocycles. The molecule has 4 rings (SSSR count). The van der Waals surface area contributed by atoms with Crippen molar-refractivity contribution in [3.05, 3.63) is 91.0 Å². The van der Waals surface area contributed by atoms with E-state index in [0.717, 1.165) is 0 Å². The highest BCUT2D eigenvalue weighted by Gasteiger charge is 2.31. The lowest BCUT2D eigenvalue weighted by Crippen LogP contribution is -2.31. The number of benzene rings is 3. The molecule has 0 unspecified atom stereocenters. The van der Waals surface area contributed by atoms with E-state index in [9.17, 15) is 0 Å². The minimum absolute atomic E-state index is 0.257. The fourth-order valence-electron chi connectivity index (χ4n) is 5.32. The normalized spacial score (nSPS) is 17.6. The molecule has 1 aliphatic rings. The van der Waals surface area contributed by atoms with Crippen LogP contribution in [0.15, 0.2) is 91.0 Å². The summed E-state index contributed by atoms with van der Waals surface area (Å²) in [5, 5.41) is 4.43. The second-order valence-corrected chi connectivity index (χ2v) is 12.7. The molecule has 0 aliphatic heterocycles. The molecule has 1 saturated carbocycles. The highest BCUT2D eigenvalue weighted by molar-refractivity contribution is 7.94. The molecule has 0 heterocycles. The molecule has 0 saturated heterocycles. The molecule has 0 bridgehead atoms. The fourth-order valence-corrected chi connectivity index (χ4v) is 9.79. The molecular formula is C30H37P. The Kier molecular flexibility index (Phi) is 7.52. The van der Waals surface area contributed by atoms with Gasteiger partial charge in [0.15, 0.2) is 0 Å². The van der Waals surface area contributed by atoms with Gasteiger partial charge in [-0.1, -0.05) is 149 Å². The van der Waals surface area contributed by atoms with Crippen molar-refractivity contribution in [1.82, 2.24) is 0 Å². The third-order valence-corrected chi connectivity index (χ3v) is 11.3. The van der Waals surface area contributed by atoms with Gasteiger partial charge < -0.3 is 0 Å². The van der Waals surface area contributed by atoms with Crippen molar-refractivity contribution in [3.63, 3.8) is 0 Å². The van der Waals surface area contributed by atoms with Gasteiger partial charge >= 0.3 is 0 Å². The smallest absolute Gasteiger partial charge is 0.0133 e. The maximum absolute atomic E-state index is 2.85. The van der Waals surface area contributed by atoms with Crippen LogP contribution in [0.3, 0.4) is 0 Å². The number of hydrogen-bond donors (Lipinski definition) is 0. The van der Waals surface area contributed by atoms with E-state index in [-0.39, 0.29) is 5.41 Å². The van der Waals surface area contributed by atoms with E-state index < -0.39 is 6.89 Å². The van der Waals surface area contributed by atoms with Gasteiger partial charge in [-0.3, -0.25) is 0 Å². The van der Waals surface area contributed by atoms with Gasteiger partial charge in [0.25, 0.3) is 0 Å². The van der Waals surface area contributed by atoms with Gasteiger partial charge in [-0.15, -0.1) is 0 Å². The van der Waals surface area contributed by atoms with E-state index in [1.54, 1.807) is 0 Å². The summed E-state index contributed by atoms with van der Waals surface area (Å²) in [5.41, 5.74) is 0.257. The molecule has 3 aromatic rings. The van der Waals surface area contributed by atoms with Gasteiger partial charge in [0.1, 0.15) is 0 Å². The third kappa shape index (κ3) is 5.24. The maximum Gasteiger partial charge on any atom is -0.0133 e.